The summed E-state index contributed by atoms with van der Waals surface area (Å²) in [6.45, 7) is 0. The normalized spacial score (nSPS) is 11.7. The van der Waals surface area contributed by atoms with E-state index in [4.69, 9.17) is 23.8 Å². The minimum absolute atomic E-state index is 0.0203. The molecule has 0 radical (unpaired) electrons. The molecule has 2 heterocycles. The van der Waals surface area contributed by atoms with Crippen LogP contribution in [0.25, 0.3) is 11.3 Å². The Kier molecular flexibility index (Phi) is 4.30. The number of nitrogens with one attached hydrogen (secondary N) is 2. The lowest BCUT2D eigenvalue weighted by molar-refractivity contribution is 0.136. The fourth-order valence-corrected chi connectivity index (χ4v) is 2.23. The van der Waals surface area contributed by atoms with Gasteiger partial charge in [-0.05, 0) is 24.4 Å². The number of alkyl halides is 2. The highest BCUT2D eigenvalue weighted by Crippen LogP contribution is 2.22. The fraction of sp³-hybridized carbons (Fsp3) is 0.0769. The first-order valence-corrected chi connectivity index (χ1v) is 7.14. The van der Waals surface area contributed by atoms with Crippen LogP contribution in [0.5, 0.6) is 0 Å². The zero-order valence-corrected chi connectivity index (χ0v) is 12.9. The van der Waals surface area contributed by atoms with Gasteiger partial charge in [-0.1, -0.05) is 23.7 Å². The van der Waals surface area contributed by atoms with E-state index in [1.807, 2.05) is 0 Å². The van der Waals surface area contributed by atoms with E-state index in [-0.39, 0.29) is 4.77 Å². The molecule has 2 aromatic heterocycles. The molecule has 10 heteroatoms. The number of halogens is 3. The Morgan fingerprint density at radius 1 is 1.26 bits per heavy atom. The van der Waals surface area contributed by atoms with Crippen LogP contribution in [0.1, 0.15) is 17.8 Å². The number of aromatic nitrogens is 5. The molecule has 0 saturated heterocycles. The Labute approximate surface area is 138 Å². The molecule has 0 spiro atoms. The van der Waals surface area contributed by atoms with Gasteiger partial charge in [0.2, 0.25) is 10.6 Å². The van der Waals surface area contributed by atoms with Crippen LogP contribution in [0.3, 0.4) is 0 Å². The topological polar surface area (TPSA) is 74.7 Å². The summed E-state index contributed by atoms with van der Waals surface area (Å²) >= 11 is 10.7. The van der Waals surface area contributed by atoms with Crippen molar-refractivity contribution >= 4 is 30.0 Å². The van der Waals surface area contributed by atoms with E-state index in [1.165, 1.54) is 12.4 Å². The Hall–Kier alpha value is -2.39. The molecule has 0 aliphatic heterocycles. The predicted molar refractivity (Wildman–Crippen MR) is 84.4 cm³/mol. The van der Waals surface area contributed by atoms with E-state index in [1.54, 1.807) is 24.3 Å². The van der Waals surface area contributed by atoms with Crippen molar-refractivity contribution in [3.05, 3.63) is 51.6 Å². The van der Waals surface area contributed by atoms with Crippen LogP contribution >= 0.6 is 23.8 Å². The smallest absolute Gasteiger partial charge is 0.277 e. The van der Waals surface area contributed by atoms with E-state index in [0.717, 1.165) is 10.2 Å². The van der Waals surface area contributed by atoms with Crippen molar-refractivity contribution in [2.24, 2.45) is 5.10 Å². The number of rotatable bonds is 4. The SMILES string of the molecule is FC(F)c1n[nH]c(=S)n1/N=C\c1cn[nH]c1-c1ccc(Cl)cc1. The highest BCUT2D eigenvalue weighted by atomic mass is 35.5. The zero-order valence-electron chi connectivity index (χ0n) is 11.4. The first-order valence-electron chi connectivity index (χ1n) is 6.35. The molecule has 0 aliphatic rings. The van der Waals surface area contributed by atoms with Gasteiger partial charge < -0.3 is 0 Å². The van der Waals surface area contributed by atoms with Crippen LogP contribution in [0.2, 0.25) is 5.02 Å². The Bertz CT molecular complexity index is 896. The van der Waals surface area contributed by atoms with E-state index >= 15 is 0 Å². The third-order valence-electron chi connectivity index (χ3n) is 2.98. The highest BCUT2D eigenvalue weighted by Gasteiger charge is 2.16. The molecule has 2 N–H and O–H groups in total. The molecule has 1 aromatic carbocycles. The van der Waals surface area contributed by atoms with Crippen molar-refractivity contribution in [2.75, 3.05) is 0 Å². The first kappa shape index (κ1) is 15.5. The van der Waals surface area contributed by atoms with Crippen molar-refractivity contribution in [3.8, 4) is 11.3 Å². The van der Waals surface area contributed by atoms with Crippen molar-refractivity contribution in [1.29, 1.82) is 0 Å². The molecule has 3 aromatic rings. The molecular formula is C13H9ClF2N6S. The number of benzene rings is 1. The average molecular weight is 355 g/mol. The largest absolute Gasteiger partial charge is 0.299 e. The summed E-state index contributed by atoms with van der Waals surface area (Å²) in [7, 11) is 0. The van der Waals surface area contributed by atoms with Crippen LogP contribution in [0.4, 0.5) is 8.78 Å². The second kappa shape index (κ2) is 6.39. The summed E-state index contributed by atoms with van der Waals surface area (Å²) in [5.41, 5.74) is 2.12. The van der Waals surface area contributed by atoms with Crippen molar-refractivity contribution in [1.82, 2.24) is 25.1 Å². The maximum Gasteiger partial charge on any atom is 0.299 e. The summed E-state index contributed by atoms with van der Waals surface area (Å²) in [5.74, 6) is -0.553. The Morgan fingerprint density at radius 3 is 2.70 bits per heavy atom. The van der Waals surface area contributed by atoms with E-state index in [0.29, 0.717) is 16.3 Å². The molecule has 3 rings (SSSR count). The first-order chi connectivity index (χ1) is 11.1. The number of nitrogens with zero attached hydrogens (tertiary/aromatic N) is 4. The van der Waals surface area contributed by atoms with Gasteiger partial charge in [0.1, 0.15) is 0 Å². The van der Waals surface area contributed by atoms with E-state index < -0.39 is 12.2 Å². The number of aromatic amines is 2. The lowest BCUT2D eigenvalue weighted by Crippen LogP contribution is -1.99. The van der Waals surface area contributed by atoms with Crippen LogP contribution in [0.15, 0.2) is 35.6 Å². The minimum Gasteiger partial charge on any atom is -0.277 e. The molecule has 0 unspecified atom stereocenters. The third-order valence-corrected chi connectivity index (χ3v) is 3.50. The van der Waals surface area contributed by atoms with Crippen LogP contribution < -0.4 is 0 Å². The molecule has 118 valence electrons. The van der Waals surface area contributed by atoms with Crippen LogP contribution in [-0.4, -0.2) is 31.3 Å². The zero-order chi connectivity index (χ0) is 16.4. The molecule has 0 atom stereocenters. The summed E-state index contributed by atoms with van der Waals surface area (Å²) in [5, 5.41) is 17.1. The molecule has 23 heavy (non-hydrogen) atoms. The maximum absolute atomic E-state index is 12.8. The third kappa shape index (κ3) is 3.20. The van der Waals surface area contributed by atoms with Gasteiger partial charge in [-0.25, -0.2) is 13.9 Å². The second-order valence-electron chi connectivity index (χ2n) is 4.45. The Balaban J connectivity index is 1.96. The summed E-state index contributed by atoms with van der Waals surface area (Å²) < 4.78 is 26.5. The van der Waals surface area contributed by atoms with E-state index in [2.05, 4.69) is 25.5 Å². The Morgan fingerprint density at radius 2 is 2.00 bits per heavy atom. The molecule has 0 bridgehead atoms. The monoisotopic (exact) mass is 354 g/mol. The standard InChI is InChI=1S/C13H9ClF2N6S/c14-9-3-1-7(2-4-9)10-8(5-17-19-10)6-18-22-12(11(15)16)20-21-13(22)23/h1-6,11H,(H,17,19)(H,21,23)/b18-6-. The van der Waals surface area contributed by atoms with Crippen LogP contribution in [0, 0.1) is 4.77 Å². The van der Waals surface area contributed by atoms with Gasteiger partial charge in [-0.2, -0.15) is 20.0 Å². The second-order valence-corrected chi connectivity index (χ2v) is 5.27. The average Bonchev–Trinajstić information content (AvgIpc) is 3.12. The van der Waals surface area contributed by atoms with E-state index in [9.17, 15) is 8.78 Å². The van der Waals surface area contributed by atoms with Gasteiger partial charge in [-0.3, -0.25) is 5.10 Å². The molecule has 0 aliphatic carbocycles. The maximum atomic E-state index is 12.8. The number of hydrogen-bond donors (Lipinski definition) is 2. The lowest BCUT2D eigenvalue weighted by Gasteiger charge is -2.01. The summed E-state index contributed by atoms with van der Waals surface area (Å²) in [4.78, 5) is 0. The van der Waals surface area contributed by atoms with Gasteiger partial charge in [0.15, 0.2) is 0 Å². The number of H-pyrrole nitrogens is 2. The van der Waals surface area contributed by atoms with Crippen molar-refractivity contribution in [3.63, 3.8) is 0 Å². The highest BCUT2D eigenvalue weighted by molar-refractivity contribution is 7.71. The van der Waals surface area contributed by atoms with Gasteiger partial charge in [0.05, 0.1) is 18.1 Å². The molecule has 0 fully saturated rings. The van der Waals surface area contributed by atoms with Gasteiger partial charge in [-0.15, -0.1) is 0 Å². The summed E-state index contributed by atoms with van der Waals surface area (Å²) in [6.07, 6.45) is 0.115. The van der Waals surface area contributed by atoms with Gasteiger partial charge >= 0.3 is 0 Å². The molecule has 0 amide bonds. The quantitative estimate of drug-likeness (QED) is 0.552. The summed E-state index contributed by atoms with van der Waals surface area (Å²) in [6, 6.07) is 7.09. The van der Waals surface area contributed by atoms with Gasteiger partial charge in [0, 0.05) is 16.1 Å². The molecule has 0 saturated carbocycles. The van der Waals surface area contributed by atoms with Crippen molar-refractivity contribution in [2.45, 2.75) is 6.43 Å². The lowest BCUT2D eigenvalue weighted by atomic mass is 10.1. The predicted octanol–water partition coefficient (Wildman–Crippen LogP) is 3.80. The van der Waals surface area contributed by atoms with Gasteiger partial charge in [0.25, 0.3) is 6.43 Å². The molecule has 6 nitrogen and oxygen atoms in total. The van der Waals surface area contributed by atoms with Crippen LogP contribution in [-0.2, 0) is 0 Å². The number of hydrogen-bond acceptors (Lipinski definition) is 4. The van der Waals surface area contributed by atoms with Crippen molar-refractivity contribution < 1.29 is 8.78 Å². The fourth-order valence-electron chi connectivity index (χ4n) is 1.92. The molecular weight excluding hydrogens is 346 g/mol. The minimum atomic E-state index is -2.79.